The molecule has 18 heavy (non-hydrogen) atoms. The van der Waals surface area contributed by atoms with Gasteiger partial charge in [-0.2, -0.15) is 0 Å². The van der Waals surface area contributed by atoms with E-state index < -0.39 is 0 Å². The molecule has 1 aromatic heterocycles. The van der Waals surface area contributed by atoms with Gasteiger partial charge in [-0.25, -0.2) is 0 Å². The van der Waals surface area contributed by atoms with Gasteiger partial charge in [0.1, 0.15) is 0 Å². The van der Waals surface area contributed by atoms with E-state index in [0.29, 0.717) is 11.5 Å². The minimum absolute atomic E-state index is 0.533. The van der Waals surface area contributed by atoms with Gasteiger partial charge in [-0.1, -0.05) is 13.8 Å². The summed E-state index contributed by atoms with van der Waals surface area (Å²) in [6.07, 6.45) is 5.66. The molecule has 2 aliphatic carbocycles. The summed E-state index contributed by atoms with van der Waals surface area (Å²) in [6.45, 7) is 5.71. The van der Waals surface area contributed by atoms with Crippen LogP contribution in [0.2, 0.25) is 0 Å². The van der Waals surface area contributed by atoms with Gasteiger partial charge in [0.05, 0.1) is 0 Å². The van der Waals surface area contributed by atoms with Crippen molar-refractivity contribution < 1.29 is 0 Å². The van der Waals surface area contributed by atoms with Crippen LogP contribution in [0.5, 0.6) is 0 Å². The predicted molar refractivity (Wildman–Crippen MR) is 82.1 cm³/mol. The van der Waals surface area contributed by atoms with Crippen LogP contribution in [0.25, 0.3) is 0 Å². The summed E-state index contributed by atoms with van der Waals surface area (Å²) < 4.78 is 1.32. The molecule has 1 N–H and O–H groups in total. The molecule has 2 atom stereocenters. The Morgan fingerprint density at radius 3 is 2.72 bits per heavy atom. The van der Waals surface area contributed by atoms with Crippen LogP contribution in [0, 0.1) is 17.3 Å². The SMILES string of the molecule is CC(C)NCC1(Cc2sccc2Br)CC2CC2C1. The Labute approximate surface area is 122 Å². The predicted octanol–water partition coefficient (Wildman–Crippen LogP) is 4.47. The third kappa shape index (κ3) is 2.68. The molecule has 0 aromatic carbocycles. The summed E-state index contributed by atoms with van der Waals surface area (Å²) in [5.74, 6) is 2.11. The van der Waals surface area contributed by atoms with E-state index >= 15 is 0 Å². The Balaban J connectivity index is 1.71. The van der Waals surface area contributed by atoms with E-state index in [1.165, 1.54) is 36.7 Å². The van der Waals surface area contributed by atoms with Crippen molar-refractivity contribution in [3.05, 3.63) is 20.8 Å². The van der Waals surface area contributed by atoms with Gasteiger partial charge in [-0.3, -0.25) is 0 Å². The van der Waals surface area contributed by atoms with E-state index in [4.69, 9.17) is 0 Å². The fraction of sp³-hybridized carbons (Fsp3) is 0.733. The van der Waals surface area contributed by atoms with Crippen molar-refractivity contribution in [2.45, 2.75) is 45.6 Å². The van der Waals surface area contributed by atoms with Crippen LogP contribution < -0.4 is 5.32 Å². The third-order valence-corrected chi connectivity index (χ3v) is 6.50. The lowest BCUT2D eigenvalue weighted by molar-refractivity contribution is 0.243. The molecule has 0 amide bonds. The second-order valence-corrected chi connectivity index (χ2v) is 8.42. The molecule has 1 heterocycles. The number of thiophene rings is 1. The van der Waals surface area contributed by atoms with Gasteiger partial charge in [0, 0.05) is 21.9 Å². The van der Waals surface area contributed by atoms with E-state index in [1.807, 2.05) is 11.3 Å². The number of hydrogen-bond donors (Lipinski definition) is 1. The summed E-state index contributed by atoms with van der Waals surface area (Å²) in [5.41, 5.74) is 0.533. The average Bonchev–Trinajstić information content (AvgIpc) is 2.74. The molecular formula is C15H22BrNS. The van der Waals surface area contributed by atoms with Crippen molar-refractivity contribution >= 4 is 27.3 Å². The van der Waals surface area contributed by atoms with E-state index in [-0.39, 0.29) is 0 Å². The topological polar surface area (TPSA) is 12.0 Å². The standard InChI is InChI=1S/C15H22BrNS/c1-10(2)17-9-15(6-11-5-12(11)7-15)8-14-13(16)3-4-18-14/h3-4,10-12,17H,5-9H2,1-2H3. The van der Waals surface area contributed by atoms with Gasteiger partial charge in [-0.15, -0.1) is 11.3 Å². The van der Waals surface area contributed by atoms with Gasteiger partial charge in [0.15, 0.2) is 0 Å². The Morgan fingerprint density at radius 2 is 2.17 bits per heavy atom. The van der Waals surface area contributed by atoms with Crippen molar-refractivity contribution in [2.24, 2.45) is 17.3 Å². The Kier molecular flexibility index (Phi) is 3.59. The van der Waals surface area contributed by atoms with Gasteiger partial charge < -0.3 is 5.32 Å². The normalized spacial score (nSPS) is 34.0. The highest BCUT2D eigenvalue weighted by Gasteiger charge is 2.53. The van der Waals surface area contributed by atoms with Crippen LogP contribution in [0.1, 0.15) is 38.0 Å². The second kappa shape index (κ2) is 4.92. The minimum atomic E-state index is 0.533. The highest BCUT2D eigenvalue weighted by molar-refractivity contribution is 9.10. The number of rotatable bonds is 5. The maximum atomic E-state index is 3.69. The molecule has 2 unspecified atom stereocenters. The van der Waals surface area contributed by atoms with E-state index in [0.717, 1.165) is 11.8 Å². The third-order valence-electron chi connectivity index (χ3n) is 4.57. The van der Waals surface area contributed by atoms with Crippen molar-refractivity contribution in [3.8, 4) is 0 Å². The van der Waals surface area contributed by atoms with Crippen LogP contribution in [0.3, 0.4) is 0 Å². The van der Waals surface area contributed by atoms with Crippen LogP contribution in [0.15, 0.2) is 15.9 Å². The summed E-state index contributed by atoms with van der Waals surface area (Å²) in [4.78, 5) is 1.54. The molecular weight excluding hydrogens is 306 g/mol. The van der Waals surface area contributed by atoms with Crippen LogP contribution in [-0.2, 0) is 6.42 Å². The fourth-order valence-corrected chi connectivity index (χ4v) is 5.24. The fourth-order valence-electron chi connectivity index (χ4n) is 3.57. The second-order valence-electron chi connectivity index (χ2n) is 6.57. The van der Waals surface area contributed by atoms with Crippen LogP contribution in [0.4, 0.5) is 0 Å². The van der Waals surface area contributed by atoms with Crippen molar-refractivity contribution in [1.82, 2.24) is 5.32 Å². The lowest BCUT2D eigenvalue weighted by Crippen LogP contribution is -2.38. The largest absolute Gasteiger partial charge is 0.314 e. The quantitative estimate of drug-likeness (QED) is 0.841. The molecule has 3 rings (SSSR count). The monoisotopic (exact) mass is 327 g/mol. The first-order valence-corrected chi connectivity index (χ1v) is 8.70. The van der Waals surface area contributed by atoms with E-state index in [2.05, 4.69) is 46.5 Å². The zero-order valence-electron chi connectivity index (χ0n) is 11.2. The maximum absolute atomic E-state index is 3.69. The number of hydrogen-bond acceptors (Lipinski definition) is 2. The Morgan fingerprint density at radius 1 is 1.44 bits per heavy atom. The molecule has 1 aromatic rings. The Hall–Kier alpha value is 0.140. The van der Waals surface area contributed by atoms with Gasteiger partial charge >= 0.3 is 0 Å². The molecule has 2 fully saturated rings. The first kappa shape index (κ1) is 13.1. The lowest BCUT2D eigenvalue weighted by atomic mass is 9.79. The molecule has 1 nitrogen and oxygen atoms in total. The first-order valence-electron chi connectivity index (χ1n) is 7.03. The van der Waals surface area contributed by atoms with Crippen molar-refractivity contribution in [1.29, 1.82) is 0 Å². The highest BCUT2D eigenvalue weighted by Crippen LogP contribution is 2.61. The lowest BCUT2D eigenvalue weighted by Gasteiger charge is -2.32. The summed E-state index contributed by atoms with van der Waals surface area (Å²) in [6, 6.07) is 2.80. The summed E-state index contributed by atoms with van der Waals surface area (Å²) in [7, 11) is 0. The molecule has 2 aliphatic rings. The zero-order valence-corrected chi connectivity index (χ0v) is 13.6. The maximum Gasteiger partial charge on any atom is 0.0314 e. The van der Waals surface area contributed by atoms with Gasteiger partial charge in [-0.05, 0) is 70.3 Å². The van der Waals surface area contributed by atoms with Crippen LogP contribution >= 0.6 is 27.3 Å². The number of nitrogens with one attached hydrogen (secondary N) is 1. The zero-order chi connectivity index (χ0) is 12.8. The average molecular weight is 328 g/mol. The Bertz CT molecular complexity index is 416. The summed E-state index contributed by atoms with van der Waals surface area (Å²) in [5, 5.41) is 5.90. The summed E-state index contributed by atoms with van der Waals surface area (Å²) >= 11 is 5.60. The van der Waals surface area contributed by atoms with Gasteiger partial charge in [0.2, 0.25) is 0 Å². The molecule has 0 spiro atoms. The first-order chi connectivity index (χ1) is 8.58. The van der Waals surface area contributed by atoms with Crippen molar-refractivity contribution in [3.63, 3.8) is 0 Å². The molecule has 0 radical (unpaired) electrons. The molecule has 2 saturated carbocycles. The highest BCUT2D eigenvalue weighted by atomic mass is 79.9. The van der Waals surface area contributed by atoms with Crippen molar-refractivity contribution in [2.75, 3.05) is 6.54 Å². The molecule has 0 bridgehead atoms. The molecule has 0 saturated heterocycles. The van der Waals surface area contributed by atoms with Gasteiger partial charge in [0.25, 0.3) is 0 Å². The minimum Gasteiger partial charge on any atom is -0.314 e. The molecule has 0 aliphatic heterocycles. The number of halogens is 1. The van der Waals surface area contributed by atoms with E-state index in [9.17, 15) is 0 Å². The molecule has 3 heteroatoms. The smallest absolute Gasteiger partial charge is 0.0314 e. The molecule has 100 valence electrons. The number of fused-ring (bicyclic) bond motifs is 1. The van der Waals surface area contributed by atoms with E-state index in [1.54, 1.807) is 4.88 Å². The van der Waals surface area contributed by atoms with Crippen LogP contribution in [-0.4, -0.2) is 12.6 Å².